The summed E-state index contributed by atoms with van der Waals surface area (Å²) < 4.78 is 1.78. The topological polar surface area (TPSA) is 67.2 Å². The van der Waals surface area contributed by atoms with E-state index in [4.69, 9.17) is 5.11 Å². The second kappa shape index (κ2) is 4.13. The van der Waals surface area contributed by atoms with Crippen molar-refractivity contribution in [1.82, 2.24) is 9.78 Å². The van der Waals surface area contributed by atoms with Crippen LogP contribution in [0.1, 0.15) is 17.8 Å². The standard InChI is InChI=1S/C9H15N3O2/c1-6-9(7(2)12(3)11-6)10-5-4-8(13)14/h10H,4-5H2,1-3H3,(H,13,14). The molecule has 0 saturated carbocycles. The van der Waals surface area contributed by atoms with E-state index >= 15 is 0 Å². The molecule has 1 aromatic rings. The van der Waals surface area contributed by atoms with E-state index in [9.17, 15) is 4.79 Å². The maximum absolute atomic E-state index is 10.3. The predicted octanol–water partition coefficient (Wildman–Crippen LogP) is 0.924. The number of carbonyl (C=O) groups is 1. The van der Waals surface area contributed by atoms with E-state index in [-0.39, 0.29) is 6.42 Å². The normalized spacial score (nSPS) is 10.2. The van der Waals surface area contributed by atoms with Gasteiger partial charge < -0.3 is 10.4 Å². The first kappa shape index (κ1) is 10.6. The summed E-state index contributed by atoms with van der Waals surface area (Å²) >= 11 is 0. The van der Waals surface area contributed by atoms with Crippen LogP contribution in [-0.4, -0.2) is 27.4 Å². The Labute approximate surface area is 82.7 Å². The zero-order valence-electron chi connectivity index (χ0n) is 8.66. The van der Waals surface area contributed by atoms with Crippen LogP contribution >= 0.6 is 0 Å². The minimum Gasteiger partial charge on any atom is -0.481 e. The van der Waals surface area contributed by atoms with Gasteiger partial charge >= 0.3 is 5.97 Å². The van der Waals surface area contributed by atoms with Crippen LogP contribution in [0.3, 0.4) is 0 Å². The fourth-order valence-electron chi connectivity index (χ4n) is 1.32. The van der Waals surface area contributed by atoms with Crippen molar-refractivity contribution < 1.29 is 9.90 Å². The summed E-state index contributed by atoms with van der Waals surface area (Å²) in [4.78, 5) is 10.3. The average molecular weight is 197 g/mol. The molecule has 2 N–H and O–H groups in total. The number of aliphatic carboxylic acids is 1. The Balaban J connectivity index is 2.62. The number of carboxylic acid groups (broad SMARTS) is 1. The molecule has 1 heterocycles. The summed E-state index contributed by atoms with van der Waals surface area (Å²) in [7, 11) is 1.87. The van der Waals surface area contributed by atoms with E-state index in [2.05, 4.69) is 10.4 Å². The van der Waals surface area contributed by atoms with E-state index in [0.29, 0.717) is 6.54 Å². The predicted molar refractivity (Wildman–Crippen MR) is 53.4 cm³/mol. The van der Waals surface area contributed by atoms with Gasteiger partial charge in [0, 0.05) is 13.6 Å². The molecule has 0 radical (unpaired) electrons. The molecule has 5 heteroatoms. The van der Waals surface area contributed by atoms with E-state index < -0.39 is 5.97 Å². The zero-order chi connectivity index (χ0) is 10.7. The lowest BCUT2D eigenvalue weighted by Crippen LogP contribution is -2.08. The Morgan fingerprint density at radius 1 is 1.57 bits per heavy atom. The molecular formula is C9H15N3O2. The molecule has 0 bridgehead atoms. The Kier molecular flexibility index (Phi) is 3.11. The molecular weight excluding hydrogens is 182 g/mol. The molecule has 14 heavy (non-hydrogen) atoms. The molecule has 1 rings (SSSR count). The largest absolute Gasteiger partial charge is 0.481 e. The molecule has 5 nitrogen and oxygen atoms in total. The Morgan fingerprint density at radius 2 is 2.21 bits per heavy atom. The first-order valence-corrected chi connectivity index (χ1v) is 4.48. The second-order valence-corrected chi connectivity index (χ2v) is 3.24. The van der Waals surface area contributed by atoms with Crippen molar-refractivity contribution in [1.29, 1.82) is 0 Å². The summed E-state index contributed by atoms with van der Waals surface area (Å²) in [6.45, 7) is 4.28. The number of aryl methyl sites for hydroxylation is 2. The van der Waals surface area contributed by atoms with Crippen molar-refractivity contribution in [3.05, 3.63) is 11.4 Å². The highest BCUT2D eigenvalue weighted by molar-refractivity contribution is 5.67. The number of aromatic nitrogens is 2. The van der Waals surface area contributed by atoms with Gasteiger partial charge in [-0.15, -0.1) is 0 Å². The Hall–Kier alpha value is -1.52. The third kappa shape index (κ3) is 2.25. The minimum atomic E-state index is -0.795. The van der Waals surface area contributed by atoms with E-state index in [1.807, 2.05) is 20.9 Å². The summed E-state index contributed by atoms with van der Waals surface area (Å²) in [5, 5.41) is 15.8. The number of nitrogens with one attached hydrogen (secondary N) is 1. The van der Waals surface area contributed by atoms with Crippen LogP contribution in [0.4, 0.5) is 5.69 Å². The van der Waals surface area contributed by atoms with Gasteiger partial charge in [0.25, 0.3) is 0 Å². The van der Waals surface area contributed by atoms with Crippen molar-refractivity contribution in [3.63, 3.8) is 0 Å². The third-order valence-electron chi connectivity index (χ3n) is 2.15. The van der Waals surface area contributed by atoms with E-state index in [0.717, 1.165) is 17.1 Å². The molecule has 78 valence electrons. The highest BCUT2D eigenvalue weighted by Gasteiger charge is 2.08. The van der Waals surface area contributed by atoms with Crippen molar-refractivity contribution in [3.8, 4) is 0 Å². The number of hydrogen-bond donors (Lipinski definition) is 2. The van der Waals surface area contributed by atoms with Crippen molar-refractivity contribution in [2.24, 2.45) is 7.05 Å². The Bertz CT molecular complexity index is 344. The van der Waals surface area contributed by atoms with Crippen LogP contribution in [0.15, 0.2) is 0 Å². The summed E-state index contributed by atoms with van der Waals surface area (Å²) in [5.41, 5.74) is 2.86. The first-order valence-electron chi connectivity index (χ1n) is 4.48. The van der Waals surface area contributed by atoms with Gasteiger partial charge in [0.05, 0.1) is 23.5 Å². The Morgan fingerprint density at radius 3 is 2.64 bits per heavy atom. The van der Waals surface area contributed by atoms with E-state index in [1.165, 1.54) is 0 Å². The number of rotatable bonds is 4. The quantitative estimate of drug-likeness (QED) is 0.753. The maximum atomic E-state index is 10.3. The molecule has 0 fully saturated rings. The van der Waals surface area contributed by atoms with Gasteiger partial charge in [-0.3, -0.25) is 9.48 Å². The van der Waals surface area contributed by atoms with Gasteiger partial charge in [0.2, 0.25) is 0 Å². The number of hydrogen-bond acceptors (Lipinski definition) is 3. The van der Waals surface area contributed by atoms with Gasteiger partial charge in [-0.25, -0.2) is 0 Å². The van der Waals surface area contributed by atoms with Gasteiger partial charge in [-0.1, -0.05) is 0 Å². The summed E-state index contributed by atoms with van der Waals surface area (Å²) in [6, 6.07) is 0. The summed E-state index contributed by atoms with van der Waals surface area (Å²) in [6.07, 6.45) is 0.119. The molecule has 0 unspecified atom stereocenters. The van der Waals surface area contributed by atoms with E-state index in [1.54, 1.807) is 4.68 Å². The SMILES string of the molecule is Cc1nn(C)c(C)c1NCCC(=O)O. The van der Waals surface area contributed by atoms with Gasteiger partial charge in [-0.05, 0) is 13.8 Å². The summed E-state index contributed by atoms with van der Waals surface area (Å²) in [5.74, 6) is -0.795. The number of nitrogens with zero attached hydrogens (tertiary/aromatic N) is 2. The lowest BCUT2D eigenvalue weighted by molar-refractivity contribution is -0.136. The minimum absolute atomic E-state index is 0.119. The van der Waals surface area contributed by atoms with Gasteiger partial charge in [0.1, 0.15) is 0 Å². The van der Waals surface area contributed by atoms with Crippen LogP contribution in [0.25, 0.3) is 0 Å². The monoisotopic (exact) mass is 197 g/mol. The lowest BCUT2D eigenvalue weighted by Gasteiger charge is -2.04. The first-order chi connectivity index (χ1) is 6.52. The molecule has 0 amide bonds. The fraction of sp³-hybridized carbons (Fsp3) is 0.556. The maximum Gasteiger partial charge on any atom is 0.305 e. The van der Waals surface area contributed by atoms with Crippen LogP contribution in [0.2, 0.25) is 0 Å². The van der Waals surface area contributed by atoms with Crippen LogP contribution in [-0.2, 0) is 11.8 Å². The smallest absolute Gasteiger partial charge is 0.305 e. The molecule has 0 aliphatic heterocycles. The molecule has 0 saturated heterocycles. The third-order valence-corrected chi connectivity index (χ3v) is 2.15. The number of anilines is 1. The number of carboxylic acids is 1. The van der Waals surface area contributed by atoms with Crippen LogP contribution in [0.5, 0.6) is 0 Å². The highest BCUT2D eigenvalue weighted by Crippen LogP contribution is 2.17. The van der Waals surface area contributed by atoms with Crippen molar-refractivity contribution in [2.45, 2.75) is 20.3 Å². The fourth-order valence-corrected chi connectivity index (χ4v) is 1.32. The van der Waals surface area contributed by atoms with Gasteiger partial charge in [-0.2, -0.15) is 5.10 Å². The lowest BCUT2D eigenvalue weighted by atomic mass is 10.3. The van der Waals surface area contributed by atoms with Crippen LogP contribution < -0.4 is 5.32 Å². The average Bonchev–Trinajstić information content (AvgIpc) is 2.31. The molecule has 0 aromatic carbocycles. The zero-order valence-corrected chi connectivity index (χ0v) is 8.66. The van der Waals surface area contributed by atoms with Gasteiger partial charge in [0.15, 0.2) is 0 Å². The van der Waals surface area contributed by atoms with Crippen molar-refractivity contribution >= 4 is 11.7 Å². The molecule has 0 aliphatic rings. The second-order valence-electron chi connectivity index (χ2n) is 3.24. The van der Waals surface area contributed by atoms with Crippen molar-refractivity contribution in [2.75, 3.05) is 11.9 Å². The molecule has 0 spiro atoms. The highest BCUT2D eigenvalue weighted by atomic mass is 16.4. The van der Waals surface area contributed by atoms with Crippen LogP contribution in [0, 0.1) is 13.8 Å². The molecule has 1 aromatic heterocycles. The molecule has 0 atom stereocenters. The molecule has 0 aliphatic carbocycles.